The van der Waals surface area contributed by atoms with Gasteiger partial charge in [-0.15, -0.1) is 0 Å². The zero-order valence-corrected chi connectivity index (χ0v) is 12.6. The Morgan fingerprint density at radius 2 is 2.23 bits per heavy atom. The molecule has 1 aliphatic heterocycles. The SMILES string of the molecule is CC(=O)Nc1ccn([C@H]2CCN(C(=O)c3ccoc3C)C2)n1. The number of anilines is 1. The average molecular weight is 302 g/mol. The second-order valence-corrected chi connectivity index (χ2v) is 5.45. The molecule has 7 heteroatoms. The van der Waals surface area contributed by atoms with Crippen LogP contribution in [0.4, 0.5) is 5.82 Å². The molecular weight excluding hydrogens is 284 g/mol. The molecule has 116 valence electrons. The zero-order valence-electron chi connectivity index (χ0n) is 12.6. The van der Waals surface area contributed by atoms with Crippen molar-refractivity contribution in [2.24, 2.45) is 0 Å². The fourth-order valence-corrected chi connectivity index (χ4v) is 2.71. The molecule has 1 fully saturated rings. The number of furan rings is 1. The Kier molecular flexibility index (Phi) is 3.70. The van der Waals surface area contributed by atoms with Gasteiger partial charge in [0.2, 0.25) is 5.91 Å². The lowest BCUT2D eigenvalue weighted by atomic mass is 10.2. The van der Waals surface area contributed by atoms with E-state index in [2.05, 4.69) is 10.4 Å². The molecule has 3 heterocycles. The number of amides is 2. The maximum Gasteiger partial charge on any atom is 0.257 e. The van der Waals surface area contributed by atoms with Gasteiger partial charge in [0.25, 0.3) is 5.91 Å². The van der Waals surface area contributed by atoms with Gasteiger partial charge in [0.1, 0.15) is 5.76 Å². The number of nitrogens with zero attached hydrogens (tertiary/aromatic N) is 3. The topological polar surface area (TPSA) is 80.4 Å². The van der Waals surface area contributed by atoms with E-state index in [9.17, 15) is 9.59 Å². The summed E-state index contributed by atoms with van der Waals surface area (Å²) in [6.45, 7) is 4.52. The Morgan fingerprint density at radius 3 is 2.91 bits per heavy atom. The maximum absolute atomic E-state index is 12.4. The summed E-state index contributed by atoms with van der Waals surface area (Å²) in [6.07, 6.45) is 4.19. The third-order valence-corrected chi connectivity index (χ3v) is 3.83. The summed E-state index contributed by atoms with van der Waals surface area (Å²) in [5.74, 6) is 1.01. The van der Waals surface area contributed by atoms with E-state index in [4.69, 9.17) is 4.42 Å². The molecule has 0 aliphatic carbocycles. The van der Waals surface area contributed by atoms with Gasteiger partial charge >= 0.3 is 0 Å². The van der Waals surface area contributed by atoms with Crippen LogP contribution in [-0.4, -0.2) is 39.6 Å². The van der Waals surface area contributed by atoms with Crippen LogP contribution < -0.4 is 5.32 Å². The Labute approximate surface area is 127 Å². The van der Waals surface area contributed by atoms with Crippen molar-refractivity contribution in [3.63, 3.8) is 0 Å². The lowest BCUT2D eigenvalue weighted by Crippen LogP contribution is -2.29. The Hall–Kier alpha value is -2.57. The second-order valence-electron chi connectivity index (χ2n) is 5.45. The van der Waals surface area contributed by atoms with Gasteiger partial charge in [0.05, 0.1) is 17.9 Å². The van der Waals surface area contributed by atoms with Crippen LogP contribution in [0.3, 0.4) is 0 Å². The van der Waals surface area contributed by atoms with Gasteiger partial charge in [-0.2, -0.15) is 5.10 Å². The lowest BCUT2D eigenvalue weighted by molar-refractivity contribution is -0.114. The van der Waals surface area contributed by atoms with E-state index >= 15 is 0 Å². The van der Waals surface area contributed by atoms with Crippen molar-refractivity contribution in [3.8, 4) is 0 Å². The number of aryl methyl sites for hydroxylation is 1. The van der Waals surface area contributed by atoms with Crippen LogP contribution in [0.1, 0.15) is 35.5 Å². The van der Waals surface area contributed by atoms with E-state index in [0.29, 0.717) is 30.2 Å². The third kappa shape index (κ3) is 2.74. The smallest absolute Gasteiger partial charge is 0.257 e. The minimum Gasteiger partial charge on any atom is -0.469 e. The van der Waals surface area contributed by atoms with Crippen molar-refractivity contribution >= 4 is 17.6 Å². The minimum atomic E-state index is -0.149. The highest BCUT2D eigenvalue weighted by molar-refractivity contribution is 5.95. The second kappa shape index (κ2) is 5.67. The summed E-state index contributed by atoms with van der Waals surface area (Å²) < 4.78 is 7.00. The number of carbonyl (C=O) groups excluding carboxylic acids is 2. The van der Waals surface area contributed by atoms with Crippen LogP contribution in [0.2, 0.25) is 0 Å². The molecule has 7 nitrogen and oxygen atoms in total. The fourth-order valence-electron chi connectivity index (χ4n) is 2.71. The molecule has 0 unspecified atom stereocenters. The normalized spacial score (nSPS) is 17.7. The molecule has 1 N–H and O–H groups in total. The van der Waals surface area contributed by atoms with Crippen LogP contribution >= 0.6 is 0 Å². The standard InChI is InChI=1S/C15H18N4O3/c1-10-13(5-8-22-10)15(21)18-6-3-12(9-18)19-7-4-14(17-19)16-11(2)20/h4-5,7-8,12H,3,6,9H2,1-2H3,(H,16,17,20)/t12-/m0/s1. The highest BCUT2D eigenvalue weighted by Gasteiger charge is 2.29. The summed E-state index contributed by atoms with van der Waals surface area (Å²) >= 11 is 0. The molecule has 1 aliphatic rings. The van der Waals surface area contributed by atoms with E-state index in [1.807, 2.05) is 11.1 Å². The van der Waals surface area contributed by atoms with Crippen molar-refractivity contribution < 1.29 is 14.0 Å². The molecule has 0 radical (unpaired) electrons. The number of nitrogens with one attached hydrogen (secondary N) is 1. The van der Waals surface area contributed by atoms with Gasteiger partial charge in [-0.3, -0.25) is 14.3 Å². The number of carbonyl (C=O) groups is 2. The molecule has 2 amide bonds. The van der Waals surface area contributed by atoms with E-state index in [-0.39, 0.29) is 17.9 Å². The van der Waals surface area contributed by atoms with Gasteiger partial charge in [-0.1, -0.05) is 0 Å². The monoisotopic (exact) mass is 302 g/mol. The molecule has 0 saturated carbocycles. The Balaban J connectivity index is 1.67. The van der Waals surface area contributed by atoms with E-state index in [0.717, 1.165) is 6.42 Å². The van der Waals surface area contributed by atoms with Crippen LogP contribution in [0.25, 0.3) is 0 Å². The van der Waals surface area contributed by atoms with Crippen molar-refractivity contribution in [2.75, 3.05) is 18.4 Å². The molecule has 2 aromatic rings. The maximum atomic E-state index is 12.4. The quantitative estimate of drug-likeness (QED) is 0.938. The van der Waals surface area contributed by atoms with Gasteiger partial charge in [0.15, 0.2) is 5.82 Å². The first-order valence-electron chi connectivity index (χ1n) is 7.20. The third-order valence-electron chi connectivity index (χ3n) is 3.83. The first-order chi connectivity index (χ1) is 10.5. The first-order valence-corrected chi connectivity index (χ1v) is 7.20. The van der Waals surface area contributed by atoms with Crippen molar-refractivity contribution in [1.29, 1.82) is 0 Å². The predicted octanol–water partition coefficient (Wildman–Crippen LogP) is 1.83. The highest BCUT2D eigenvalue weighted by atomic mass is 16.3. The molecule has 2 aromatic heterocycles. The van der Waals surface area contributed by atoms with Crippen LogP contribution in [0.5, 0.6) is 0 Å². The van der Waals surface area contributed by atoms with E-state index in [1.165, 1.54) is 13.2 Å². The summed E-state index contributed by atoms with van der Waals surface area (Å²) in [5, 5.41) is 6.98. The highest BCUT2D eigenvalue weighted by Crippen LogP contribution is 2.24. The van der Waals surface area contributed by atoms with Gasteiger partial charge in [-0.05, 0) is 19.4 Å². The van der Waals surface area contributed by atoms with Gasteiger partial charge in [0, 0.05) is 32.3 Å². The van der Waals surface area contributed by atoms with Gasteiger partial charge in [-0.25, -0.2) is 0 Å². The summed E-state index contributed by atoms with van der Waals surface area (Å²) in [5.41, 5.74) is 0.611. The molecule has 1 saturated heterocycles. The number of likely N-dealkylation sites (tertiary alicyclic amines) is 1. The van der Waals surface area contributed by atoms with Crippen LogP contribution in [-0.2, 0) is 4.79 Å². The molecule has 22 heavy (non-hydrogen) atoms. The molecule has 0 aromatic carbocycles. The van der Waals surface area contributed by atoms with Crippen molar-refractivity contribution in [1.82, 2.24) is 14.7 Å². The fraction of sp³-hybridized carbons (Fsp3) is 0.400. The van der Waals surface area contributed by atoms with Crippen molar-refractivity contribution in [2.45, 2.75) is 26.3 Å². The van der Waals surface area contributed by atoms with E-state index < -0.39 is 0 Å². The zero-order chi connectivity index (χ0) is 15.7. The Morgan fingerprint density at radius 1 is 1.41 bits per heavy atom. The summed E-state index contributed by atoms with van der Waals surface area (Å²) in [4.78, 5) is 25.3. The Bertz CT molecular complexity index is 703. The minimum absolute atomic E-state index is 0.0111. The number of hydrogen-bond donors (Lipinski definition) is 1. The lowest BCUT2D eigenvalue weighted by Gasteiger charge is -2.16. The molecular formula is C15H18N4O3. The number of rotatable bonds is 3. The van der Waals surface area contributed by atoms with Crippen LogP contribution in [0.15, 0.2) is 29.0 Å². The largest absolute Gasteiger partial charge is 0.469 e. The summed E-state index contributed by atoms with van der Waals surface area (Å²) in [7, 11) is 0. The number of aromatic nitrogens is 2. The molecule has 0 bridgehead atoms. The molecule has 1 atom stereocenters. The van der Waals surface area contributed by atoms with Gasteiger partial charge < -0.3 is 14.6 Å². The van der Waals surface area contributed by atoms with Crippen molar-refractivity contribution in [3.05, 3.63) is 35.9 Å². The van der Waals surface area contributed by atoms with E-state index in [1.54, 1.807) is 23.7 Å². The van der Waals surface area contributed by atoms with Crippen LogP contribution in [0, 0.1) is 6.92 Å². The molecule has 3 rings (SSSR count). The average Bonchev–Trinajstić information content (AvgIpc) is 3.16. The summed E-state index contributed by atoms with van der Waals surface area (Å²) in [6, 6.07) is 3.58. The number of hydrogen-bond acceptors (Lipinski definition) is 4. The first kappa shape index (κ1) is 14.4. The predicted molar refractivity (Wildman–Crippen MR) is 79.5 cm³/mol. The molecule has 0 spiro atoms.